The summed E-state index contributed by atoms with van der Waals surface area (Å²) < 4.78 is 0. The molecule has 2 N–H and O–H groups in total. The van der Waals surface area contributed by atoms with E-state index in [-0.39, 0.29) is 5.91 Å². The Morgan fingerprint density at radius 1 is 1.00 bits per heavy atom. The van der Waals surface area contributed by atoms with Crippen LogP contribution in [0.15, 0.2) is 54.6 Å². The molecule has 1 atom stereocenters. The van der Waals surface area contributed by atoms with Gasteiger partial charge in [0, 0.05) is 12.8 Å². The van der Waals surface area contributed by atoms with Gasteiger partial charge in [0.05, 0.1) is 0 Å². The minimum Gasteiger partial charge on any atom is -0.480 e. The van der Waals surface area contributed by atoms with Crippen molar-refractivity contribution in [2.75, 3.05) is 0 Å². The molecule has 0 spiro atoms. The number of carbonyl (C=O) groups excluding carboxylic acids is 1. The van der Waals surface area contributed by atoms with Crippen molar-refractivity contribution in [2.45, 2.75) is 38.6 Å². The zero-order valence-electron chi connectivity index (χ0n) is 13.9. The Morgan fingerprint density at radius 2 is 1.67 bits per heavy atom. The molecule has 0 heterocycles. The van der Waals surface area contributed by atoms with E-state index in [1.807, 2.05) is 37.3 Å². The first-order valence-electron chi connectivity index (χ1n) is 8.16. The first-order chi connectivity index (χ1) is 11.5. The lowest BCUT2D eigenvalue weighted by Crippen LogP contribution is -2.42. The van der Waals surface area contributed by atoms with E-state index in [4.69, 9.17) is 0 Å². The van der Waals surface area contributed by atoms with E-state index in [0.717, 1.165) is 12.0 Å². The van der Waals surface area contributed by atoms with Crippen molar-refractivity contribution >= 4 is 11.9 Å². The number of amides is 1. The molecule has 24 heavy (non-hydrogen) atoms. The number of carbonyl (C=O) groups is 2. The van der Waals surface area contributed by atoms with Crippen LogP contribution >= 0.6 is 0 Å². The predicted molar refractivity (Wildman–Crippen MR) is 93.8 cm³/mol. The SMILES string of the molecule is Cc1ccc(CCCC(=O)N[C@@H](Cc2ccccc2)C(=O)O)cc1. The molecule has 0 bridgehead atoms. The molecule has 126 valence electrons. The third-order valence-electron chi connectivity index (χ3n) is 3.91. The van der Waals surface area contributed by atoms with Gasteiger partial charge in [-0.3, -0.25) is 4.79 Å². The maximum atomic E-state index is 12.0. The summed E-state index contributed by atoms with van der Waals surface area (Å²) in [5.74, 6) is -1.23. The highest BCUT2D eigenvalue weighted by atomic mass is 16.4. The second kappa shape index (κ2) is 8.87. The fraction of sp³-hybridized carbons (Fsp3) is 0.300. The summed E-state index contributed by atoms with van der Waals surface area (Å²) in [5, 5.41) is 11.9. The average Bonchev–Trinajstić information content (AvgIpc) is 2.57. The third-order valence-corrected chi connectivity index (χ3v) is 3.91. The zero-order valence-corrected chi connectivity index (χ0v) is 13.9. The van der Waals surface area contributed by atoms with Crippen LogP contribution < -0.4 is 5.32 Å². The Bertz CT molecular complexity index is 665. The van der Waals surface area contributed by atoms with Gasteiger partial charge in [0.1, 0.15) is 6.04 Å². The van der Waals surface area contributed by atoms with E-state index in [9.17, 15) is 14.7 Å². The quantitative estimate of drug-likeness (QED) is 0.783. The maximum Gasteiger partial charge on any atom is 0.326 e. The van der Waals surface area contributed by atoms with Crippen LogP contribution in [0.3, 0.4) is 0 Å². The van der Waals surface area contributed by atoms with Crippen LogP contribution in [0.25, 0.3) is 0 Å². The highest BCUT2D eigenvalue weighted by Gasteiger charge is 2.19. The fourth-order valence-electron chi connectivity index (χ4n) is 2.52. The Labute approximate surface area is 142 Å². The second-order valence-corrected chi connectivity index (χ2v) is 5.99. The molecule has 0 saturated heterocycles. The lowest BCUT2D eigenvalue weighted by molar-refractivity contribution is -0.141. The smallest absolute Gasteiger partial charge is 0.326 e. The predicted octanol–water partition coefficient (Wildman–Crippen LogP) is 3.13. The first-order valence-corrected chi connectivity index (χ1v) is 8.16. The summed E-state index contributed by atoms with van der Waals surface area (Å²) in [4.78, 5) is 23.4. The molecule has 0 aromatic heterocycles. The lowest BCUT2D eigenvalue weighted by atomic mass is 10.0. The van der Waals surface area contributed by atoms with Gasteiger partial charge >= 0.3 is 5.97 Å². The van der Waals surface area contributed by atoms with Crippen LogP contribution in [-0.4, -0.2) is 23.0 Å². The van der Waals surface area contributed by atoms with Crippen molar-refractivity contribution in [3.05, 3.63) is 71.3 Å². The Hall–Kier alpha value is -2.62. The van der Waals surface area contributed by atoms with Crippen molar-refractivity contribution in [3.8, 4) is 0 Å². The molecular weight excluding hydrogens is 302 g/mol. The van der Waals surface area contributed by atoms with Gasteiger partial charge in [0.2, 0.25) is 5.91 Å². The number of carboxylic acids is 1. The maximum absolute atomic E-state index is 12.0. The van der Waals surface area contributed by atoms with Crippen molar-refractivity contribution in [1.29, 1.82) is 0 Å². The molecule has 2 rings (SSSR count). The minimum atomic E-state index is -1.01. The number of hydrogen-bond acceptors (Lipinski definition) is 2. The summed E-state index contributed by atoms with van der Waals surface area (Å²) in [7, 11) is 0. The first kappa shape index (κ1) is 17.7. The van der Waals surface area contributed by atoms with Crippen LogP contribution in [0.4, 0.5) is 0 Å². The highest BCUT2D eigenvalue weighted by molar-refractivity contribution is 5.83. The van der Waals surface area contributed by atoms with E-state index < -0.39 is 12.0 Å². The van der Waals surface area contributed by atoms with Crippen molar-refractivity contribution in [3.63, 3.8) is 0 Å². The van der Waals surface area contributed by atoms with E-state index >= 15 is 0 Å². The molecule has 0 saturated carbocycles. The third kappa shape index (κ3) is 5.88. The number of rotatable bonds is 8. The van der Waals surface area contributed by atoms with Gasteiger partial charge in [0.25, 0.3) is 0 Å². The summed E-state index contributed by atoms with van der Waals surface area (Å²) in [6.45, 7) is 2.04. The van der Waals surface area contributed by atoms with Crippen molar-refractivity contribution < 1.29 is 14.7 Å². The molecule has 0 aliphatic carbocycles. The number of benzene rings is 2. The van der Waals surface area contributed by atoms with Gasteiger partial charge in [-0.1, -0.05) is 60.2 Å². The van der Waals surface area contributed by atoms with E-state index in [1.165, 1.54) is 11.1 Å². The number of aryl methyl sites for hydroxylation is 2. The molecule has 0 aliphatic rings. The second-order valence-electron chi connectivity index (χ2n) is 5.99. The summed E-state index contributed by atoms with van der Waals surface area (Å²) in [6, 6.07) is 16.6. The van der Waals surface area contributed by atoms with Gasteiger partial charge in [-0.05, 0) is 30.9 Å². The highest BCUT2D eigenvalue weighted by Crippen LogP contribution is 2.08. The molecule has 0 unspecified atom stereocenters. The van der Waals surface area contributed by atoms with Gasteiger partial charge in [-0.15, -0.1) is 0 Å². The molecule has 4 heteroatoms. The van der Waals surface area contributed by atoms with Crippen LogP contribution in [0.1, 0.15) is 29.5 Å². The average molecular weight is 325 g/mol. The van der Waals surface area contributed by atoms with Crippen LogP contribution in [0.2, 0.25) is 0 Å². The number of carboxylic acid groups (broad SMARTS) is 1. The summed E-state index contributed by atoms with van der Waals surface area (Å²) in [6.07, 6.45) is 2.13. The minimum absolute atomic E-state index is 0.217. The largest absolute Gasteiger partial charge is 0.480 e. The number of nitrogens with one attached hydrogen (secondary N) is 1. The molecule has 0 aliphatic heterocycles. The van der Waals surface area contributed by atoms with Gasteiger partial charge in [-0.25, -0.2) is 4.79 Å². The van der Waals surface area contributed by atoms with Crippen LogP contribution in [0, 0.1) is 6.92 Å². The number of hydrogen-bond donors (Lipinski definition) is 2. The van der Waals surface area contributed by atoms with Gasteiger partial charge < -0.3 is 10.4 Å². The Balaban J connectivity index is 1.80. The lowest BCUT2D eigenvalue weighted by Gasteiger charge is -2.14. The van der Waals surface area contributed by atoms with Crippen molar-refractivity contribution in [1.82, 2.24) is 5.32 Å². The Kier molecular flexibility index (Phi) is 6.55. The summed E-state index contributed by atoms with van der Waals surface area (Å²) >= 11 is 0. The van der Waals surface area contributed by atoms with Gasteiger partial charge in [0.15, 0.2) is 0 Å². The fourth-order valence-corrected chi connectivity index (χ4v) is 2.52. The van der Waals surface area contributed by atoms with Gasteiger partial charge in [-0.2, -0.15) is 0 Å². The summed E-state index contributed by atoms with van der Waals surface area (Å²) in [5.41, 5.74) is 3.29. The van der Waals surface area contributed by atoms with E-state index in [0.29, 0.717) is 19.3 Å². The van der Waals surface area contributed by atoms with Crippen LogP contribution in [0.5, 0.6) is 0 Å². The standard InChI is InChI=1S/C20H23NO3/c1-15-10-12-16(13-11-15)8-5-9-19(22)21-18(20(23)24)14-17-6-3-2-4-7-17/h2-4,6-7,10-13,18H,5,8-9,14H2,1H3,(H,21,22)(H,23,24)/t18-/m0/s1. The van der Waals surface area contributed by atoms with Crippen LogP contribution in [-0.2, 0) is 22.4 Å². The molecule has 0 fully saturated rings. The topological polar surface area (TPSA) is 66.4 Å². The molecule has 2 aromatic rings. The van der Waals surface area contributed by atoms with Crippen molar-refractivity contribution in [2.24, 2.45) is 0 Å². The normalized spacial score (nSPS) is 11.7. The monoisotopic (exact) mass is 325 g/mol. The molecule has 1 amide bonds. The molecule has 2 aromatic carbocycles. The Morgan fingerprint density at radius 3 is 2.29 bits per heavy atom. The molecule has 4 nitrogen and oxygen atoms in total. The zero-order chi connectivity index (χ0) is 17.4. The molecule has 0 radical (unpaired) electrons. The van der Waals surface area contributed by atoms with E-state index in [2.05, 4.69) is 29.6 Å². The number of aliphatic carboxylic acids is 1. The van der Waals surface area contributed by atoms with E-state index in [1.54, 1.807) is 0 Å². The molecular formula is C20H23NO3.